The molecular weight excluding hydrogens is 386 g/mol. The minimum atomic E-state index is -3.88. The lowest BCUT2D eigenvalue weighted by Crippen LogP contribution is -2.33. The zero-order valence-electron chi connectivity index (χ0n) is 13.7. The Morgan fingerprint density at radius 2 is 1.74 bits per heavy atom. The van der Waals surface area contributed by atoms with Crippen molar-refractivity contribution in [3.63, 3.8) is 0 Å². The standard InChI is InChI=1S/C18H13N3O4S2/c22-17-15-9-10-26-16(15)19-18(23)21(17)13-7-4-8-14(11-13)27(24,25)20-12-5-2-1-3-6-12/h1-11,20H,(H,19,23). The summed E-state index contributed by atoms with van der Waals surface area (Å²) in [5, 5.41) is 2.08. The van der Waals surface area contributed by atoms with Gasteiger partial charge in [0, 0.05) is 5.69 Å². The molecule has 0 amide bonds. The van der Waals surface area contributed by atoms with Crippen molar-refractivity contribution < 1.29 is 8.42 Å². The van der Waals surface area contributed by atoms with Crippen LogP contribution in [0.3, 0.4) is 0 Å². The van der Waals surface area contributed by atoms with Gasteiger partial charge in [0.15, 0.2) is 0 Å². The Balaban J connectivity index is 1.82. The van der Waals surface area contributed by atoms with Gasteiger partial charge in [-0.15, -0.1) is 11.3 Å². The van der Waals surface area contributed by atoms with E-state index >= 15 is 0 Å². The average Bonchev–Trinajstić information content (AvgIpc) is 3.11. The van der Waals surface area contributed by atoms with Crippen LogP contribution in [0.2, 0.25) is 0 Å². The number of nitrogens with zero attached hydrogens (tertiary/aromatic N) is 1. The third-order valence-electron chi connectivity index (χ3n) is 3.93. The molecule has 0 radical (unpaired) electrons. The number of sulfonamides is 1. The monoisotopic (exact) mass is 399 g/mol. The normalized spacial score (nSPS) is 11.6. The van der Waals surface area contributed by atoms with Gasteiger partial charge in [0.2, 0.25) is 0 Å². The number of thiophene rings is 1. The fourth-order valence-corrected chi connectivity index (χ4v) is 4.55. The first-order valence-electron chi connectivity index (χ1n) is 7.86. The van der Waals surface area contributed by atoms with Gasteiger partial charge in [-0.3, -0.25) is 14.5 Å². The summed E-state index contributed by atoms with van der Waals surface area (Å²) in [5.74, 6) is 0. The van der Waals surface area contributed by atoms with E-state index in [4.69, 9.17) is 0 Å². The molecule has 0 saturated heterocycles. The highest BCUT2D eigenvalue weighted by Gasteiger charge is 2.17. The lowest BCUT2D eigenvalue weighted by Gasteiger charge is -2.10. The Kier molecular flexibility index (Phi) is 4.17. The topological polar surface area (TPSA) is 101 Å². The molecule has 2 aromatic heterocycles. The molecular formula is C18H13N3O4S2. The Morgan fingerprint density at radius 1 is 0.963 bits per heavy atom. The second-order valence-corrected chi connectivity index (χ2v) is 8.30. The van der Waals surface area contributed by atoms with Gasteiger partial charge in [-0.05, 0) is 41.8 Å². The number of hydrogen-bond donors (Lipinski definition) is 2. The molecule has 0 aliphatic rings. The molecule has 2 aromatic carbocycles. The summed E-state index contributed by atoms with van der Waals surface area (Å²) >= 11 is 1.25. The zero-order chi connectivity index (χ0) is 19.0. The van der Waals surface area contributed by atoms with Crippen LogP contribution in [0.1, 0.15) is 0 Å². The van der Waals surface area contributed by atoms with Crippen molar-refractivity contribution in [1.82, 2.24) is 9.55 Å². The van der Waals surface area contributed by atoms with Crippen molar-refractivity contribution in [2.24, 2.45) is 0 Å². The third kappa shape index (κ3) is 3.18. The minimum Gasteiger partial charge on any atom is -0.298 e. The molecule has 0 aliphatic carbocycles. The van der Waals surface area contributed by atoms with Gasteiger partial charge in [-0.1, -0.05) is 24.3 Å². The van der Waals surface area contributed by atoms with Crippen molar-refractivity contribution >= 4 is 37.3 Å². The Labute approximate surface area is 157 Å². The van der Waals surface area contributed by atoms with E-state index in [2.05, 4.69) is 9.71 Å². The molecule has 0 saturated carbocycles. The molecule has 4 rings (SSSR count). The van der Waals surface area contributed by atoms with Gasteiger partial charge < -0.3 is 0 Å². The van der Waals surface area contributed by atoms with Crippen LogP contribution in [0.25, 0.3) is 15.9 Å². The number of para-hydroxylation sites is 1. The molecule has 0 fully saturated rings. The summed E-state index contributed by atoms with van der Waals surface area (Å²) in [6.07, 6.45) is 0. The number of nitrogens with one attached hydrogen (secondary N) is 2. The smallest absolute Gasteiger partial charge is 0.298 e. The minimum absolute atomic E-state index is 0.0550. The summed E-state index contributed by atoms with van der Waals surface area (Å²) in [7, 11) is -3.88. The highest BCUT2D eigenvalue weighted by molar-refractivity contribution is 7.92. The van der Waals surface area contributed by atoms with Crippen molar-refractivity contribution in [1.29, 1.82) is 0 Å². The molecule has 0 atom stereocenters. The van der Waals surface area contributed by atoms with Crippen LogP contribution >= 0.6 is 11.3 Å². The van der Waals surface area contributed by atoms with Gasteiger partial charge in [-0.2, -0.15) is 0 Å². The van der Waals surface area contributed by atoms with Crippen molar-refractivity contribution in [3.8, 4) is 5.69 Å². The lowest BCUT2D eigenvalue weighted by molar-refractivity contribution is 0.601. The summed E-state index contributed by atoms with van der Waals surface area (Å²) in [4.78, 5) is 28.1. The number of anilines is 1. The molecule has 0 unspecified atom stereocenters. The molecule has 4 aromatic rings. The SMILES string of the molecule is O=c1[nH]c2sccc2c(=O)n1-c1cccc(S(=O)(=O)Nc2ccccc2)c1. The van der Waals surface area contributed by atoms with Gasteiger partial charge in [-0.25, -0.2) is 17.8 Å². The molecule has 27 heavy (non-hydrogen) atoms. The van der Waals surface area contributed by atoms with Gasteiger partial charge in [0.1, 0.15) is 4.83 Å². The number of rotatable bonds is 4. The fraction of sp³-hybridized carbons (Fsp3) is 0. The van der Waals surface area contributed by atoms with Gasteiger partial charge >= 0.3 is 5.69 Å². The van der Waals surface area contributed by atoms with Crippen LogP contribution in [-0.4, -0.2) is 18.0 Å². The first-order valence-corrected chi connectivity index (χ1v) is 10.2. The van der Waals surface area contributed by atoms with Crippen LogP contribution < -0.4 is 16.0 Å². The van der Waals surface area contributed by atoms with E-state index in [1.165, 1.54) is 35.6 Å². The number of H-pyrrole nitrogens is 1. The fourth-order valence-electron chi connectivity index (χ4n) is 2.68. The van der Waals surface area contributed by atoms with Gasteiger partial charge in [0.05, 0.1) is 16.0 Å². The molecule has 2 heterocycles. The highest BCUT2D eigenvalue weighted by Crippen LogP contribution is 2.18. The molecule has 0 bridgehead atoms. The third-order valence-corrected chi connectivity index (χ3v) is 6.14. The van der Waals surface area contributed by atoms with Crippen molar-refractivity contribution in [3.05, 3.63) is 86.9 Å². The second kappa shape index (κ2) is 6.53. The Bertz CT molecular complexity index is 1350. The first-order chi connectivity index (χ1) is 13.0. The number of benzene rings is 2. The van der Waals surface area contributed by atoms with E-state index in [1.54, 1.807) is 41.8 Å². The molecule has 2 N–H and O–H groups in total. The van der Waals surface area contributed by atoms with Crippen LogP contribution in [0.15, 0.2) is 80.5 Å². The number of aromatic amines is 1. The van der Waals surface area contributed by atoms with Crippen LogP contribution in [0.5, 0.6) is 0 Å². The maximum Gasteiger partial charge on any atom is 0.334 e. The average molecular weight is 399 g/mol. The lowest BCUT2D eigenvalue weighted by atomic mass is 10.3. The van der Waals surface area contributed by atoms with E-state index in [1.807, 2.05) is 0 Å². The molecule has 136 valence electrons. The molecule has 9 heteroatoms. The Morgan fingerprint density at radius 3 is 2.52 bits per heavy atom. The van der Waals surface area contributed by atoms with E-state index < -0.39 is 21.3 Å². The molecule has 0 aliphatic heterocycles. The predicted octanol–water partition coefficient (Wildman–Crippen LogP) is 2.54. The van der Waals surface area contributed by atoms with Crippen LogP contribution in [0.4, 0.5) is 5.69 Å². The van der Waals surface area contributed by atoms with E-state index in [0.29, 0.717) is 15.9 Å². The maximum atomic E-state index is 12.6. The van der Waals surface area contributed by atoms with E-state index in [-0.39, 0.29) is 10.6 Å². The van der Waals surface area contributed by atoms with Crippen LogP contribution in [-0.2, 0) is 10.0 Å². The number of aromatic nitrogens is 2. The predicted molar refractivity (Wildman–Crippen MR) is 105 cm³/mol. The van der Waals surface area contributed by atoms with E-state index in [9.17, 15) is 18.0 Å². The summed E-state index contributed by atoms with van der Waals surface area (Å²) in [5.41, 5.74) is -0.538. The number of fused-ring (bicyclic) bond motifs is 1. The van der Waals surface area contributed by atoms with Crippen molar-refractivity contribution in [2.75, 3.05) is 4.72 Å². The highest BCUT2D eigenvalue weighted by atomic mass is 32.2. The molecule has 0 spiro atoms. The van der Waals surface area contributed by atoms with Crippen LogP contribution in [0, 0.1) is 0 Å². The number of hydrogen-bond acceptors (Lipinski definition) is 5. The quantitative estimate of drug-likeness (QED) is 0.551. The summed E-state index contributed by atoms with van der Waals surface area (Å²) < 4.78 is 28.7. The van der Waals surface area contributed by atoms with E-state index in [0.717, 1.165) is 4.57 Å². The summed E-state index contributed by atoms with van der Waals surface area (Å²) in [6.45, 7) is 0. The zero-order valence-corrected chi connectivity index (χ0v) is 15.4. The maximum absolute atomic E-state index is 12.6. The summed E-state index contributed by atoms with van der Waals surface area (Å²) in [6, 6.07) is 15.8. The first kappa shape index (κ1) is 17.3. The van der Waals surface area contributed by atoms with Gasteiger partial charge in [0.25, 0.3) is 15.6 Å². The second-order valence-electron chi connectivity index (χ2n) is 5.70. The van der Waals surface area contributed by atoms with Crippen molar-refractivity contribution in [2.45, 2.75) is 4.90 Å². The Hall–Kier alpha value is -3.17. The largest absolute Gasteiger partial charge is 0.334 e. The molecule has 7 nitrogen and oxygen atoms in total.